The highest BCUT2D eigenvalue weighted by Gasteiger charge is 2.21. The maximum Gasteiger partial charge on any atom is 0.244 e. The molecule has 7 nitrogen and oxygen atoms in total. The fourth-order valence-electron chi connectivity index (χ4n) is 1.71. The fraction of sp³-hybridized carbons (Fsp3) is 0.538. The van der Waals surface area contributed by atoms with Crippen molar-refractivity contribution in [3.8, 4) is 11.5 Å². The fourth-order valence-corrected chi connectivity index (χ4v) is 2.91. The Kier molecular flexibility index (Phi) is 6.25. The summed E-state index contributed by atoms with van der Waals surface area (Å²) in [5.41, 5.74) is 6.01. The Bertz CT molecular complexity index is 575. The molecule has 8 heteroatoms. The van der Waals surface area contributed by atoms with E-state index in [4.69, 9.17) is 15.2 Å². The smallest absolute Gasteiger partial charge is 0.244 e. The van der Waals surface area contributed by atoms with Crippen LogP contribution in [-0.2, 0) is 10.0 Å². The van der Waals surface area contributed by atoms with Gasteiger partial charge in [-0.25, -0.2) is 13.1 Å². The first-order valence-corrected chi connectivity index (χ1v) is 8.03. The van der Waals surface area contributed by atoms with Crippen LogP contribution in [-0.4, -0.2) is 54.2 Å². The predicted molar refractivity (Wildman–Crippen MR) is 82.3 cm³/mol. The lowest BCUT2D eigenvalue weighted by Crippen LogP contribution is -2.33. The second-order valence-corrected chi connectivity index (χ2v) is 6.27. The highest BCUT2D eigenvalue weighted by Crippen LogP contribution is 2.33. The van der Waals surface area contributed by atoms with E-state index in [0.717, 1.165) is 6.54 Å². The minimum absolute atomic E-state index is 0.00227. The Balaban J connectivity index is 2.99. The number of rotatable bonds is 8. The summed E-state index contributed by atoms with van der Waals surface area (Å²) in [6.45, 7) is 3.77. The van der Waals surface area contributed by atoms with Crippen LogP contribution < -0.4 is 19.9 Å². The van der Waals surface area contributed by atoms with Crippen molar-refractivity contribution in [1.82, 2.24) is 9.62 Å². The Morgan fingerprint density at radius 2 is 1.86 bits per heavy atom. The van der Waals surface area contributed by atoms with E-state index < -0.39 is 10.0 Å². The molecule has 3 N–H and O–H groups in total. The highest BCUT2D eigenvalue weighted by molar-refractivity contribution is 7.89. The summed E-state index contributed by atoms with van der Waals surface area (Å²) >= 11 is 0. The van der Waals surface area contributed by atoms with Crippen LogP contribution in [0.2, 0.25) is 0 Å². The summed E-state index contributed by atoms with van der Waals surface area (Å²) < 4.78 is 37.4. The van der Waals surface area contributed by atoms with E-state index in [1.54, 1.807) is 0 Å². The SMILES string of the molecule is CCN(C)CCNS(=O)(=O)c1cc(N)c(OC)cc1OC. The summed E-state index contributed by atoms with van der Waals surface area (Å²) in [4.78, 5) is 2.00. The first-order valence-electron chi connectivity index (χ1n) is 6.55. The number of nitrogens with two attached hydrogens (primary N) is 1. The summed E-state index contributed by atoms with van der Waals surface area (Å²) in [5.74, 6) is 0.564. The van der Waals surface area contributed by atoms with E-state index in [2.05, 4.69) is 4.72 Å². The molecule has 0 spiro atoms. The van der Waals surface area contributed by atoms with Crippen molar-refractivity contribution < 1.29 is 17.9 Å². The summed E-state index contributed by atoms with van der Waals surface area (Å²) in [6.07, 6.45) is 0. The van der Waals surface area contributed by atoms with E-state index in [9.17, 15) is 8.42 Å². The van der Waals surface area contributed by atoms with Crippen LogP contribution in [0.15, 0.2) is 17.0 Å². The molecular formula is C13H23N3O4S. The molecule has 1 aromatic rings. The molecule has 1 aromatic carbocycles. The predicted octanol–water partition coefficient (Wildman–Crippen LogP) is 0.516. The lowest BCUT2D eigenvalue weighted by Gasteiger charge is -2.16. The van der Waals surface area contributed by atoms with Gasteiger partial charge >= 0.3 is 0 Å². The normalized spacial score (nSPS) is 11.7. The van der Waals surface area contributed by atoms with Gasteiger partial charge in [0, 0.05) is 19.2 Å². The second kappa shape index (κ2) is 7.48. The van der Waals surface area contributed by atoms with Crippen LogP contribution in [0.4, 0.5) is 5.69 Å². The number of nitrogen functional groups attached to an aromatic ring is 1. The number of nitrogens with one attached hydrogen (secondary N) is 1. The number of sulfonamides is 1. The molecule has 0 amide bonds. The van der Waals surface area contributed by atoms with Gasteiger partial charge in [-0.05, 0) is 19.7 Å². The summed E-state index contributed by atoms with van der Waals surface area (Å²) in [6, 6.07) is 2.80. The van der Waals surface area contributed by atoms with E-state index in [-0.39, 0.29) is 16.3 Å². The number of hydrogen-bond donors (Lipinski definition) is 2. The quantitative estimate of drug-likeness (QED) is 0.679. The van der Waals surface area contributed by atoms with Gasteiger partial charge in [-0.2, -0.15) is 0 Å². The van der Waals surface area contributed by atoms with Crippen LogP contribution in [0.5, 0.6) is 11.5 Å². The molecule has 0 radical (unpaired) electrons. The topological polar surface area (TPSA) is 93.9 Å². The summed E-state index contributed by atoms with van der Waals surface area (Å²) in [5, 5.41) is 0. The Morgan fingerprint density at radius 1 is 1.24 bits per heavy atom. The maximum atomic E-state index is 12.3. The first-order chi connectivity index (χ1) is 9.85. The van der Waals surface area contributed by atoms with Gasteiger partial charge in [-0.3, -0.25) is 0 Å². The van der Waals surface area contributed by atoms with Gasteiger partial charge in [0.15, 0.2) is 0 Å². The van der Waals surface area contributed by atoms with Gasteiger partial charge in [-0.1, -0.05) is 6.92 Å². The maximum absolute atomic E-state index is 12.3. The van der Waals surface area contributed by atoms with Crippen LogP contribution in [0, 0.1) is 0 Å². The number of methoxy groups -OCH3 is 2. The van der Waals surface area contributed by atoms with Gasteiger partial charge < -0.3 is 20.1 Å². The third-order valence-corrected chi connectivity index (χ3v) is 4.61. The minimum atomic E-state index is -3.69. The molecule has 0 aliphatic carbocycles. The minimum Gasteiger partial charge on any atom is -0.495 e. The van der Waals surface area contributed by atoms with E-state index in [1.807, 2.05) is 18.9 Å². The van der Waals surface area contributed by atoms with Crippen LogP contribution >= 0.6 is 0 Å². The number of anilines is 1. The molecule has 0 aromatic heterocycles. The Hall–Kier alpha value is -1.51. The third kappa shape index (κ3) is 4.48. The monoisotopic (exact) mass is 317 g/mol. The number of benzene rings is 1. The van der Waals surface area contributed by atoms with Crippen LogP contribution in [0.1, 0.15) is 6.92 Å². The zero-order valence-corrected chi connectivity index (χ0v) is 13.7. The molecule has 1 rings (SSSR count). The van der Waals surface area contributed by atoms with E-state index in [0.29, 0.717) is 18.8 Å². The van der Waals surface area contributed by atoms with Gasteiger partial charge in [-0.15, -0.1) is 0 Å². The average Bonchev–Trinajstić information content (AvgIpc) is 2.46. The van der Waals surface area contributed by atoms with Gasteiger partial charge in [0.25, 0.3) is 0 Å². The van der Waals surface area contributed by atoms with Crippen molar-refractivity contribution >= 4 is 15.7 Å². The lowest BCUT2D eigenvalue weighted by molar-refractivity contribution is 0.357. The number of hydrogen-bond acceptors (Lipinski definition) is 6. The molecule has 21 heavy (non-hydrogen) atoms. The first kappa shape index (κ1) is 17.5. The average molecular weight is 317 g/mol. The largest absolute Gasteiger partial charge is 0.495 e. The highest BCUT2D eigenvalue weighted by atomic mass is 32.2. The Labute approximate surface area is 126 Å². The second-order valence-electron chi connectivity index (χ2n) is 4.54. The van der Waals surface area contributed by atoms with Gasteiger partial charge in [0.1, 0.15) is 16.4 Å². The van der Waals surface area contributed by atoms with Crippen molar-refractivity contribution in [3.63, 3.8) is 0 Å². The van der Waals surface area contributed by atoms with Crippen molar-refractivity contribution in [3.05, 3.63) is 12.1 Å². The van der Waals surface area contributed by atoms with Gasteiger partial charge in [0.05, 0.1) is 19.9 Å². The van der Waals surface area contributed by atoms with E-state index in [1.165, 1.54) is 26.4 Å². The molecule has 0 saturated carbocycles. The number of nitrogens with zero attached hydrogens (tertiary/aromatic N) is 1. The molecular weight excluding hydrogens is 294 g/mol. The van der Waals surface area contributed by atoms with Crippen LogP contribution in [0.25, 0.3) is 0 Å². The molecule has 0 heterocycles. The third-order valence-electron chi connectivity index (χ3n) is 3.13. The molecule has 0 saturated heterocycles. The molecule has 120 valence electrons. The molecule has 0 aliphatic rings. The van der Waals surface area contributed by atoms with Crippen molar-refractivity contribution in [2.24, 2.45) is 0 Å². The lowest BCUT2D eigenvalue weighted by atomic mass is 10.3. The zero-order chi connectivity index (χ0) is 16.0. The zero-order valence-electron chi connectivity index (χ0n) is 12.8. The molecule has 0 aliphatic heterocycles. The van der Waals surface area contributed by atoms with Crippen molar-refractivity contribution in [1.29, 1.82) is 0 Å². The number of ether oxygens (including phenoxy) is 2. The van der Waals surface area contributed by atoms with Crippen LogP contribution in [0.3, 0.4) is 0 Å². The van der Waals surface area contributed by atoms with E-state index >= 15 is 0 Å². The molecule has 0 bridgehead atoms. The van der Waals surface area contributed by atoms with Gasteiger partial charge in [0.2, 0.25) is 10.0 Å². The molecule has 0 unspecified atom stereocenters. The molecule has 0 fully saturated rings. The van der Waals surface area contributed by atoms with Crippen molar-refractivity contribution in [2.75, 3.05) is 46.6 Å². The Morgan fingerprint density at radius 3 is 2.38 bits per heavy atom. The molecule has 0 atom stereocenters. The standard InChI is InChI=1S/C13H23N3O4S/c1-5-16(2)7-6-15-21(17,18)13-8-10(14)11(19-3)9-12(13)20-4/h8-9,15H,5-7,14H2,1-4H3. The van der Waals surface area contributed by atoms with Crippen molar-refractivity contribution in [2.45, 2.75) is 11.8 Å². The summed E-state index contributed by atoms with van der Waals surface area (Å²) in [7, 11) is 1.08. The number of likely N-dealkylation sites (N-methyl/N-ethyl adjacent to an activating group) is 1.